The molecule has 0 saturated carbocycles. The lowest BCUT2D eigenvalue weighted by Crippen LogP contribution is -2.38. The molecule has 0 spiro atoms. The van der Waals surface area contributed by atoms with Gasteiger partial charge in [-0.1, -0.05) is 48.5 Å². The van der Waals surface area contributed by atoms with Gasteiger partial charge in [0.15, 0.2) is 6.17 Å². The van der Waals surface area contributed by atoms with Crippen molar-refractivity contribution in [3.8, 4) is 0 Å². The van der Waals surface area contributed by atoms with E-state index < -0.39 is 52.9 Å². The van der Waals surface area contributed by atoms with Crippen LogP contribution in [0.3, 0.4) is 0 Å². The van der Waals surface area contributed by atoms with Gasteiger partial charge in [-0.05, 0) is 41.0 Å². The molecule has 5 nitrogen and oxygen atoms in total. The van der Waals surface area contributed by atoms with Crippen molar-refractivity contribution in [2.45, 2.75) is 43.2 Å². The van der Waals surface area contributed by atoms with Gasteiger partial charge in [-0.25, -0.2) is 13.2 Å². The summed E-state index contributed by atoms with van der Waals surface area (Å²) >= 11 is 0. The molecule has 4 unspecified atom stereocenters. The average Bonchev–Trinajstić information content (AvgIpc) is 2.97. The number of carbonyl (C=O) groups excluding carboxylic acids is 1. The second-order valence-electron chi connectivity index (χ2n) is 8.46. The van der Waals surface area contributed by atoms with Gasteiger partial charge in [-0.15, -0.1) is 0 Å². The van der Waals surface area contributed by atoms with Gasteiger partial charge in [0.25, 0.3) is 16.0 Å². The van der Waals surface area contributed by atoms with E-state index in [0.29, 0.717) is 6.42 Å². The number of hydrogen-bond acceptors (Lipinski definition) is 4. The Hall–Kier alpha value is -2.39. The topological polar surface area (TPSA) is 80.7 Å². The highest BCUT2D eigenvalue weighted by Gasteiger charge is 2.45. The van der Waals surface area contributed by atoms with Crippen molar-refractivity contribution >= 4 is 16.1 Å². The first-order chi connectivity index (χ1) is 15.1. The number of ether oxygens (including phenoxy) is 1. The maximum Gasteiger partial charge on any atom is 0.309 e. The van der Waals surface area contributed by atoms with Gasteiger partial charge in [0.2, 0.25) is 0 Å². The highest BCUT2D eigenvalue weighted by Crippen LogP contribution is 2.51. The van der Waals surface area contributed by atoms with Crippen LogP contribution >= 0.6 is 0 Å². The van der Waals surface area contributed by atoms with Crippen molar-refractivity contribution in [3.05, 3.63) is 70.8 Å². The van der Waals surface area contributed by atoms with Gasteiger partial charge in [-0.3, -0.25) is 9.35 Å². The zero-order chi connectivity index (χ0) is 23.1. The standard InChI is InChI=1S/C23H23F3O5S/c24-20(23(25,26)13-32(28,29)30)9-10-31-22(27)19-12-15-11-14-5-1-2-7-17(14)21(19)18-8-4-3-6-16(15)18/h1-8,15,19-21H,9-13H2,(H,28,29,30). The lowest BCUT2D eigenvalue weighted by molar-refractivity contribution is -0.151. The summed E-state index contributed by atoms with van der Waals surface area (Å²) in [7, 11) is -5.05. The van der Waals surface area contributed by atoms with E-state index in [2.05, 4.69) is 6.07 Å². The quantitative estimate of drug-likeness (QED) is 0.485. The summed E-state index contributed by atoms with van der Waals surface area (Å²) in [5.74, 6) is -7.55. The molecular weight excluding hydrogens is 445 g/mol. The summed E-state index contributed by atoms with van der Waals surface area (Å²) in [6, 6.07) is 15.8. The molecule has 3 aliphatic rings. The number of halogens is 3. The Morgan fingerprint density at radius 2 is 1.72 bits per heavy atom. The van der Waals surface area contributed by atoms with Crippen LogP contribution in [0.5, 0.6) is 0 Å². The van der Waals surface area contributed by atoms with E-state index >= 15 is 0 Å². The molecule has 2 aromatic rings. The van der Waals surface area contributed by atoms with E-state index in [0.717, 1.165) is 23.1 Å². The van der Waals surface area contributed by atoms with Gasteiger partial charge >= 0.3 is 5.97 Å². The molecule has 0 fully saturated rings. The number of rotatable bonds is 7. The molecule has 32 heavy (non-hydrogen) atoms. The molecule has 0 saturated heterocycles. The molecule has 172 valence electrons. The van der Waals surface area contributed by atoms with E-state index in [4.69, 9.17) is 9.29 Å². The normalized spacial score (nSPS) is 23.1. The summed E-state index contributed by atoms with van der Waals surface area (Å²) in [4.78, 5) is 13.0. The molecule has 9 heteroatoms. The summed E-state index contributed by atoms with van der Waals surface area (Å²) in [6.45, 7) is -0.613. The highest BCUT2D eigenvalue weighted by molar-refractivity contribution is 7.85. The number of carbonyl (C=O) groups is 1. The van der Waals surface area contributed by atoms with Crippen molar-refractivity contribution in [2.75, 3.05) is 12.4 Å². The van der Waals surface area contributed by atoms with Crippen molar-refractivity contribution < 1.29 is 35.7 Å². The first-order valence-electron chi connectivity index (χ1n) is 10.4. The molecule has 3 aliphatic carbocycles. The molecule has 2 bridgehead atoms. The van der Waals surface area contributed by atoms with Gasteiger partial charge in [-0.2, -0.15) is 8.42 Å². The second-order valence-corrected chi connectivity index (χ2v) is 9.91. The monoisotopic (exact) mass is 468 g/mol. The molecule has 5 rings (SSSR count). The zero-order valence-corrected chi connectivity index (χ0v) is 17.9. The number of alkyl halides is 3. The Kier molecular flexibility index (Phi) is 6.06. The van der Waals surface area contributed by atoms with Crippen LogP contribution in [0.4, 0.5) is 13.2 Å². The molecule has 0 aliphatic heterocycles. The lowest BCUT2D eigenvalue weighted by atomic mass is 9.70. The molecule has 0 heterocycles. The molecule has 1 N–H and O–H groups in total. The SMILES string of the molecule is O=C(OCCC(F)C(F)(F)CS(=O)(=O)O)C1CC2Cc3ccccc3C1c1ccccc12. The fourth-order valence-corrected chi connectivity index (χ4v) is 5.63. The van der Waals surface area contributed by atoms with Gasteiger partial charge in [0, 0.05) is 12.3 Å². The van der Waals surface area contributed by atoms with Crippen LogP contribution in [-0.4, -0.2) is 43.4 Å². The largest absolute Gasteiger partial charge is 0.465 e. The molecule has 4 atom stereocenters. The van der Waals surface area contributed by atoms with Crippen LogP contribution in [-0.2, 0) is 26.1 Å². The Balaban J connectivity index is 1.49. The van der Waals surface area contributed by atoms with Gasteiger partial charge in [0.1, 0.15) is 5.75 Å². The number of hydrogen-bond donors (Lipinski definition) is 1. The fraction of sp³-hybridized carbons (Fsp3) is 0.435. The highest BCUT2D eigenvalue weighted by atomic mass is 32.2. The summed E-state index contributed by atoms with van der Waals surface area (Å²) in [5.41, 5.74) is 4.41. The van der Waals surface area contributed by atoms with Crippen LogP contribution in [0.2, 0.25) is 0 Å². The Morgan fingerprint density at radius 1 is 1.09 bits per heavy atom. The number of esters is 1. The molecular formula is C23H23F3O5S. The third kappa shape index (κ3) is 4.54. The van der Waals surface area contributed by atoms with E-state index in [1.165, 1.54) is 5.56 Å². The van der Waals surface area contributed by atoms with Gasteiger partial charge < -0.3 is 4.74 Å². The van der Waals surface area contributed by atoms with E-state index in [9.17, 15) is 26.4 Å². The third-order valence-corrected chi connectivity index (χ3v) is 7.07. The van der Waals surface area contributed by atoms with Crippen molar-refractivity contribution in [1.82, 2.24) is 0 Å². The summed E-state index contributed by atoms with van der Waals surface area (Å²) in [6.07, 6.45) is -2.43. The summed E-state index contributed by atoms with van der Waals surface area (Å²) < 4.78 is 76.3. The van der Waals surface area contributed by atoms with E-state index in [-0.39, 0.29) is 11.8 Å². The van der Waals surface area contributed by atoms with Gasteiger partial charge in [0.05, 0.1) is 12.5 Å². The Bertz CT molecular complexity index is 1120. The predicted octanol–water partition coefficient (Wildman–Crippen LogP) is 4.27. The van der Waals surface area contributed by atoms with E-state index in [1.807, 2.05) is 42.5 Å². The lowest BCUT2D eigenvalue weighted by Gasteiger charge is -2.34. The molecule has 0 amide bonds. The minimum absolute atomic E-state index is 0.108. The average molecular weight is 468 g/mol. The third-order valence-electron chi connectivity index (χ3n) is 6.32. The van der Waals surface area contributed by atoms with Crippen LogP contribution in [0.15, 0.2) is 48.5 Å². The second kappa shape index (κ2) is 8.51. The van der Waals surface area contributed by atoms with Crippen molar-refractivity contribution in [2.24, 2.45) is 5.92 Å². The van der Waals surface area contributed by atoms with Crippen molar-refractivity contribution in [3.63, 3.8) is 0 Å². The van der Waals surface area contributed by atoms with Crippen LogP contribution in [0, 0.1) is 5.92 Å². The predicted molar refractivity (Wildman–Crippen MR) is 111 cm³/mol. The smallest absolute Gasteiger partial charge is 0.309 e. The van der Waals surface area contributed by atoms with Crippen LogP contribution in [0.1, 0.15) is 46.9 Å². The maximum absolute atomic E-state index is 13.9. The Labute approximate surface area is 184 Å². The maximum atomic E-state index is 13.9. The number of benzene rings is 2. The first kappa shape index (κ1) is 22.8. The minimum Gasteiger partial charge on any atom is -0.465 e. The van der Waals surface area contributed by atoms with Crippen LogP contribution in [0.25, 0.3) is 0 Å². The molecule has 2 aromatic carbocycles. The summed E-state index contributed by atoms with van der Waals surface area (Å²) in [5, 5.41) is 0. The van der Waals surface area contributed by atoms with Crippen molar-refractivity contribution in [1.29, 1.82) is 0 Å². The molecule has 0 radical (unpaired) electrons. The molecule has 0 aromatic heterocycles. The first-order valence-corrected chi connectivity index (χ1v) is 12.0. The Morgan fingerprint density at radius 3 is 2.41 bits per heavy atom. The minimum atomic E-state index is -5.05. The fourth-order valence-electron chi connectivity index (χ4n) is 4.97. The number of fused-ring (bicyclic) bond motifs is 1. The zero-order valence-electron chi connectivity index (χ0n) is 17.1. The van der Waals surface area contributed by atoms with Crippen LogP contribution < -0.4 is 0 Å². The van der Waals surface area contributed by atoms with E-state index in [1.54, 1.807) is 0 Å².